The molecule has 8 heteroatoms. The molecule has 1 aromatic heterocycles. The van der Waals surface area contributed by atoms with E-state index < -0.39 is 11.6 Å². The van der Waals surface area contributed by atoms with Gasteiger partial charge in [-0.25, -0.2) is 18.7 Å². The number of halogens is 3. The van der Waals surface area contributed by atoms with Gasteiger partial charge in [0, 0.05) is 39.3 Å². The lowest BCUT2D eigenvalue weighted by Gasteiger charge is -2.13. The van der Waals surface area contributed by atoms with Gasteiger partial charge in [0.2, 0.25) is 5.95 Å². The summed E-state index contributed by atoms with van der Waals surface area (Å²) >= 11 is 6.24. The first-order valence-electron chi connectivity index (χ1n) is 9.77. The molecule has 0 spiro atoms. The number of benzene rings is 3. The Morgan fingerprint density at radius 3 is 2.39 bits per heavy atom. The Labute approximate surface area is 195 Å². The molecule has 0 aliphatic carbocycles. The normalized spacial score (nSPS) is 12.0. The summed E-state index contributed by atoms with van der Waals surface area (Å²) in [6, 6.07) is 16.0. The van der Waals surface area contributed by atoms with E-state index in [1.165, 1.54) is 18.2 Å². The maximum absolute atomic E-state index is 14.6. The van der Waals surface area contributed by atoms with E-state index in [0.717, 1.165) is 11.3 Å². The van der Waals surface area contributed by atoms with Crippen LogP contribution in [0.15, 0.2) is 71.9 Å². The molecule has 0 saturated heterocycles. The number of aliphatic imine (C=N–C) groups is 1. The maximum atomic E-state index is 14.6. The lowest BCUT2D eigenvalue weighted by molar-refractivity contribution is 0.579. The van der Waals surface area contributed by atoms with Gasteiger partial charge in [-0.15, -0.1) is 0 Å². The van der Waals surface area contributed by atoms with Crippen LogP contribution < -0.4 is 11.1 Å². The van der Waals surface area contributed by atoms with Crippen molar-refractivity contribution in [3.8, 4) is 11.3 Å². The van der Waals surface area contributed by atoms with Crippen molar-refractivity contribution in [2.45, 2.75) is 14.0 Å². The Balaban J connectivity index is 0.00000259. The fourth-order valence-electron chi connectivity index (χ4n) is 3.62. The number of nitrogens with two attached hydrogens (primary N) is 1. The zero-order valence-electron chi connectivity index (χ0n) is 16.6. The number of aromatic nitrogens is 2. The second-order valence-corrected chi connectivity index (χ2v) is 7.70. The van der Waals surface area contributed by atoms with Crippen LogP contribution in [0.1, 0.15) is 24.1 Å². The van der Waals surface area contributed by atoms with Gasteiger partial charge < -0.3 is 11.1 Å². The van der Waals surface area contributed by atoms with Gasteiger partial charge in [-0.3, -0.25) is 4.99 Å². The first-order valence-corrected chi connectivity index (χ1v) is 10.1. The predicted octanol–water partition coefficient (Wildman–Crippen LogP) is 6.39. The van der Waals surface area contributed by atoms with E-state index in [1.807, 2.05) is 12.1 Å². The van der Waals surface area contributed by atoms with Gasteiger partial charge >= 0.3 is 0 Å². The average Bonchev–Trinajstić information content (AvgIpc) is 2.92. The minimum atomic E-state index is -0.697. The highest BCUT2D eigenvalue weighted by molar-refractivity contribution is 6.31. The Morgan fingerprint density at radius 1 is 0.939 bits per heavy atom. The monoisotopic (exact) mass is 463 g/mol. The highest BCUT2D eigenvalue weighted by Crippen LogP contribution is 2.34. The number of anilines is 3. The first-order chi connectivity index (χ1) is 15.5. The number of fused-ring (bicyclic) bond motifs is 3. The third-order valence-corrected chi connectivity index (χ3v) is 5.37. The Hall–Kier alpha value is -3.84. The van der Waals surface area contributed by atoms with Crippen LogP contribution in [0.25, 0.3) is 11.3 Å². The van der Waals surface area contributed by atoms with E-state index in [9.17, 15) is 8.78 Å². The summed E-state index contributed by atoms with van der Waals surface area (Å²) in [6.45, 7) is 0.160. The van der Waals surface area contributed by atoms with Crippen LogP contribution in [-0.4, -0.2) is 15.7 Å². The van der Waals surface area contributed by atoms with Crippen molar-refractivity contribution in [1.82, 2.24) is 9.97 Å². The van der Waals surface area contributed by atoms with Crippen LogP contribution in [0.3, 0.4) is 0 Å². The molecule has 166 valence electrons. The first kappa shape index (κ1) is 22.4. The van der Waals surface area contributed by atoms with Crippen LogP contribution in [0.5, 0.6) is 0 Å². The molecule has 1 aliphatic rings. The summed E-state index contributed by atoms with van der Waals surface area (Å²) in [7, 11) is 0. The largest absolute Gasteiger partial charge is 0.399 e. The molecule has 3 N–H and O–H groups in total. The number of hydrogen-bond donors (Lipinski definition) is 2. The van der Waals surface area contributed by atoms with Crippen LogP contribution in [0.2, 0.25) is 5.02 Å². The van der Waals surface area contributed by atoms with Crippen molar-refractivity contribution >= 4 is 34.6 Å². The van der Waals surface area contributed by atoms with Crippen molar-refractivity contribution in [1.29, 1.82) is 0 Å². The second-order valence-electron chi connectivity index (χ2n) is 7.27. The molecule has 5 rings (SSSR count). The predicted molar refractivity (Wildman–Crippen MR) is 129 cm³/mol. The van der Waals surface area contributed by atoms with Gasteiger partial charge in [0.15, 0.2) is 0 Å². The summed E-state index contributed by atoms with van der Waals surface area (Å²) in [5, 5.41) is 3.57. The van der Waals surface area contributed by atoms with Crippen LogP contribution in [-0.2, 0) is 6.54 Å². The molecule has 0 amide bonds. The molecule has 0 saturated carbocycles. The summed E-state index contributed by atoms with van der Waals surface area (Å²) in [5.74, 6) is -1.02. The standard InChI is InChI=1S/C24H16ClF2N5.CH4/c25-14-4-9-17-18(10-14)23(21-19(26)2-1-3-20(21)27)29-11-13-12-30-24(32-22(13)17)31-16-7-5-15(28)6-8-16;/h1-10,12H,11,28H2,(H,30,31,32);1H4. The molecule has 0 unspecified atom stereocenters. The molecule has 0 fully saturated rings. The van der Waals surface area contributed by atoms with Crippen LogP contribution in [0.4, 0.5) is 26.1 Å². The van der Waals surface area contributed by atoms with E-state index in [-0.39, 0.29) is 25.2 Å². The molecule has 0 radical (unpaired) electrons. The van der Waals surface area contributed by atoms with E-state index in [2.05, 4.69) is 20.3 Å². The Morgan fingerprint density at radius 2 is 1.67 bits per heavy atom. The minimum absolute atomic E-state index is 0. The van der Waals surface area contributed by atoms with E-state index in [0.29, 0.717) is 33.5 Å². The fourth-order valence-corrected chi connectivity index (χ4v) is 3.79. The third-order valence-electron chi connectivity index (χ3n) is 5.13. The zero-order valence-corrected chi connectivity index (χ0v) is 17.4. The van der Waals surface area contributed by atoms with Gasteiger partial charge in [0.1, 0.15) is 11.6 Å². The van der Waals surface area contributed by atoms with Crippen molar-refractivity contribution in [3.05, 3.63) is 100 Å². The topological polar surface area (TPSA) is 76.2 Å². The van der Waals surface area contributed by atoms with Crippen molar-refractivity contribution < 1.29 is 8.78 Å². The molecule has 5 nitrogen and oxygen atoms in total. The zero-order chi connectivity index (χ0) is 22.2. The number of nitrogens with one attached hydrogen (secondary N) is 1. The highest BCUT2D eigenvalue weighted by atomic mass is 35.5. The molecule has 4 aromatic rings. The fraction of sp³-hybridized carbons (Fsp3) is 0.0800. The van der Waals surface area contributed by atoms with E-state index in [4.69, 9.17) is 17.3 Å². The summed E-state index contributed by atoms with van der Waals surface area (Å²) < 4.78 is 29.3. The molecule has 2 heterocycles. The smallest absolute Gasteiger partial charge is 0.227 e. The number of nitrogen functional groups attached to an aromatic ring is 1. The third kappa shape index (κ3) is 4.27. The summed E-state index contributed by atoms with van der Waals surface area (Å²) in [5.41, 5.74) is 9.64. The number of rotatable bonds is 3. The van der Waals surface area contributed by atoms with Gasteiger partial charge in [-0.2, -0.15) is 0 Å². The SMILES string of the molecule is C.Nc1ccc(Nc2ncc3c(n2)-c2ccc(Cl)cc2C(c2c(F)cccc2F)=NC3)cc1. The van der Waals surface area contributed by atoms with Crippen molar-refractivity contribution in [3.63, 3.8) is 0 Å². The van der Waals surface area contributed by atoms with E-state index >= 15 is 0 Å². The van der Waals surface area contributed by atoms with Crippen molar-refractivity contribution in [2.75, 3.05) is 11.1 Å². The Kier molecular flexibility index (Phi) is 6.07. The quantitative estimate of drug-likeness (QED) is 0.345. The van der Waals surface area contributed by atoms with Gasteiger partial charge in [-0.05, 0) is 48.5 Å². The van der Waals surface area contributed by atoms with E-state index in [1.54, 1.807) is 36.5 Å². The minimum Gasteiger partial charge on any atom is -0.399 e. The molecule has 33 heavy (non-hydrogen) atoms. The van der Waals surface area contributed by atoms with Gasteiger partial charge in [-0.1, -0.05) is 31.2 Å². The molecule has 0 atom stereocenters. The highest BCUT2D eigenvalue weighted by Gasteiger charge is 2.25. The number of hydrogen-bond acceptors (Lipinski definition) is 5. The molecule has 0 bridgehead atoms. The summed E-state index contributed by atoms with van der Waals surface area (Å²) in [4.78, 5) is 13.6. The lowest BCUT2D eigenvalue weighted by Crippen LogP contribution is -2.10. The Bertz CT molecular complexity index is 1350. The van der Waals surface area contributed by atoms with Gasteiger partial charge in [0.25, 0.3) is 0 Å². The summed E-state index contributed by atoms with van der Waals surface area (Å²) in [6.07, 6.45) is 1.66. The van der Waals surface area contributed by atoms with Gasteiger partial charge in [0.05, 0.1) is 23.5 Å². The van der Waals surface area contributed by atoms with Crippen molar-refractivity contribution in [2.24, 2.45) is 4.99 Å². The van der Waals surface area contributed by atoms with Crippen LogP contribution in [0, 0.1) is 11.6 Å². The van der Waals surface area contributed by atoms with Crippen LogP contribution >= 0.6 is 11.6 Å². The molecular weight excluding hydrogens is 444 g/mol. The molecular formula is C25H20ClF2N5. The second kappa shape index (κ2) is 8.96. The maximum Gasteiger partial charge on any atom is 0.227 e. The average molecular weight is 464 g/mol. The number of nitrogens with zero attached hydrogens (tertiary/aromatic N) is 3. The molecule has 3 aromatic carbocycles. The molecule has 1 aliphatic heterocycles. The lowest BCUT2D eigenvalue weighted by atomic mass is 9.95.